The number of aromatic nitrogens is 1. The molecule has 6 nitrogen and oxygen atoms in total. The van der Waals surface area contributed by atoms with Gasteiger partial charge in [-0.3, -0.25) is 24.2 Å². The normalized spacial score (nSPS) is 21.8. The van der Waals surface area contributed by atoms with E-state index < -0.39 is 0 Å². The highest BCUT2D eigenvalue weighted by Crippen LogP contribution is 2.38. The number of benzene rings is 1. The highest BCUT2D eigenvalue weighted by atomic mass is 32.1. The van der Waals surface area contributed by atoms with E-state index >= 15 is 0 Å². The third-order valence-electron chi connectivity index (χ3n) is 5.84. The van der Waals surface area contributed by atoms with Crippen molar-refractivity contribution in [3.8, 4) is 0 Å². The Morgan fingerprint density at radius 2 is 1.83 bits per heavy atom. The fourth-order valence-corrected chi connectivity index (χ4v) is 5.41. The number of carbonyl (C=O) groups is 3. The first-order valence-electron chi connectivity index (χ1n) is 10.5. The van der Waals surface area contributed by atoms with Gasteiger partial charge in [0.05, 0.1) is 22.1 Å². The van der Waals surface area contributed by atoms with Gasteiger partial charge in [-0.15, -0.1) is 0 Å². The number of hydrogen-bond acceptors (Lipinski definition) is 5. The molecule has 1 aromatic heterocycles. The first-order chi connectivity index (χ1) is 14.0. The summed E-state index contributed by atoms with van der Waals surface area (Å²) >= 11 is 1.50. The van der Waals surface area contributed by atoms with E-state index in [1.54, 1.807) is 4.90 Å². The van der Waals surface area contributed by atoms with E-state index in [2.05, 4.69) is 18.8 Å². The maximum atomic E-state index is 13.1. The molecule has 29 heavy (non-hydrogen) atoms. The lowest BCUT2D eigenvalue weighted by Gasteiger charge is -2.23. The summed E-state index contributed by atoms with van der Waals surface area (Å²) in [7, 11) is 0. The largest absolute Gasteiger partial charge is 0.288 e. The molecule has 3 amide bonds. The van der Waals surface area contributed by atoms with Crippen LogP contribution in [0.4, 0.5) is 5.13 Å². The third kappa shape index (κ3) is 3.92. The van der Waals surface area contributed by atoms with Crippen LogP contribution in [0, 0.1) is 17.8 Å². The number of imide groups is 1. The topological polar surface area (TPSA) is 70.6 Å². The molecule has 7 heteroatoms. The van der Waals surface area contributed by atoms with Gasteiger partial charge in [0.15, 0.2) is 5.13 Å². The first-order valence-corrected chi connectivity index (χ1v) is 11.3. The number of anilines is 1. The van der Waals surface area contributed by atoms with Crippen LogP contribution in [0.3, 0.4) is 0 Å². The molecule has 0 unspecified atom stereocenters. The predicted octanol–water partition coefficient (Wildman–Crippen LogP) is 3.85. The van der Waals surface area contributed by atoms with Gasteiger partial charge in [-0.05, 0) is 30.9 Å². The van der Waals surface area contributed by atoms with Gasteiger partial charge in [0.1, 0.15) is 0 Å². The lowest BCUT2D eigenvalue weighted by Crippen LogP contribution is -2.39. The van der Waals surface area contributed by atoms with Crippen LogP contribution in [-0.4, -0.2) is 40.7 Å². The monoisotopic (exact) mass is 413 g/mol. The zero-order valence-electron chi connectivity index (χ0n) is 17.0. The van der Waals surface area contributed by atoms with Gasteiger partial charge < -0.3 is 0 Å². The molecule has 154 valence electrons. The van der Waals surface area contributed by atoms with Crippen molar-refractivity contribution in [3.63, 3.8) is 0 Å². The predicted molar refractivity (Wildman–Crippen MR) is 114 cm³/mol. The fourth-order valence-electron chi connectivity index (χ4n) is 4.42. The number of amides is 3. The molecule has 0 N–H and O–H groups in total. The summed E-state index contributed by atoms with van der Waals surface area (Å²) in [6.07, 6.45) is 3.74. The van der Waals surface area contributed by atoms with Crippen molar-refractivity contribution in [2.75, 3.05) is 18.0 Å². The van der Waals surface area contributed by atoms with Crippen molar-refractivity contribution in [2.45, 2.75) is 46.0 Å². The molecule has 1 aliphatic heterocycles. The van der Waals surface area contributed by atoms with Crippen LogP contribution in [0.2, 0.25) is 0 Å². The van der Waals surface area contributed by atoms with Gasteiger partial charge in [-0.25, -0.2) is 4.98 Å². The maximum absolute atomic E-state index is 13.1. The van der Waals surface area contributed by atoms with Crippen molar-refractivity contribution >= 4 is 44.4 Å². The second-order valence-electron chi connectivity index (χ2n) is 8.44. The summed E-state index contributed by atoms with van der Waals surface area (Å²) < 4.78 is 1.04. The molecule has 1 aliphatic carbocycles. The Labute approximate surface area is 174 Å². The second kappa shape index (κ2) is 8.22. The average molecular weight is 414 g/mol. The zero-order chi connectivity index (χ0) is 20.5. The van der Waals surface area contributed by atoms with Crippen LogP contribution in [-0.2, 0) is 14.4 Å². The highest BCUT2D eigenvalue weighted by Gasteiger charge is 2.47. The summed E-state index contributed by atoms with van der Waals surface area (Å²) in [4.78, 5) is 46.1. The van der Waals surface area contributed by atoms with Crippen LogP contribution in [0.5, 0.6) is 0 Å². The zero-order valence-corrected chi connectivity index (χ0v) is 17.8. The Morgan fingerprint density at radius 1 is 1.17 bits per heavy atom. The Hall–Kier alpha value is -2.28. The van der Waals surface area contributed by atoms with Crippen molar-refractivity contribution in [1.29, 1.82) is 0 Å². The SMILES string of the molecule is CC(C)CN(C(=O)CCN1C(=O)[C@H]2CCCC[C@@H]2C1=O)c1nc2ccccc2s1. The molecule has 2 fully saturated rings. The summed E-state index contributed by atoms with van der Waals surface area (Å²) in [5.41, 5.74) is 0.878. The van der Waals surface area contributed by atoms with E-state index in [0.29, 0.717) is 11.7 Å². The molecular formula is C22H27N3O3S. The molecule has 1 saturated heterocycles. The minimum Gasteiger partial charge on any atom is -0.288 e. The second-order valence-corrected chi connectivity index (χ2v) is 9.45. The van der Waals surface area contributed by atoms with Gasteiger partial charge in [0.2, 0.25) is 17.7 Å². The lowest BCUT2D eigenvalue weighted by molar-refractivity contribution is -0.140. The van der Waals surface area contributed by atoms with E-state index in [9.17, 15) is 14.4 Å². The van der Waals surface area contributed by atoms with Gasteiger partial charge in [-0.2, -0.15) is 0 Å². The molecule has 1 aromatic carbocycles. The van der Waals surface area contributed by atoms with E-state index in [1.807, 2.05) is 24.3 Å². The van der Waals surface area contributed by atoms with Gasteiger partial charge in [0.25, 0.3) is 0 Å². The van der Waals surface area contributed by atoms with Crippen molar-refractivity contribution in [2.24, 2.45) is 17.8 Å². The van der Waals surface area contributed by atoms with Crippen LogP contribution in [0.15, 0.2) is 24.3 Å². The summed E-state index contributed by atoms with van der Waals surface area (Å²) in [5, 5.41) is 0.678. The highest BCUT2D eigenvalue weighted by molar-refractivity contribution is 7.22. The quantitative estimate of drug-likeness (QED) is 0.675. The number of hydrogen-bond donors (Lipinski definition) is 0. The van der Waals surface area contributed by atoms with Crippen molar-refractivity contribution < 1.29 is 14.4 Å². The van der Waals surface area contributed by atoms with Crippen LogP contribution in [0.1, 0.15) is 46.0 Å². The summed E-state index contributed by atoms with van der Waals surface area (Å²) in [6, 6.07) is 7.84. The van der Waals surface area contributed by atoms with E-state index in [1.165, 1.54) is 16.2 Å². The van der Waals surface area contributed by atoms with Crippen molar-refractivity contribution in [1.82, 2.24) is 9.88 Å². The Bertz CT molecular complexity index is 881. The smallest absolute Gasteiger partial charge is 0.233 e. The van der Waals surface area contributed by atoms with E-state index in [-0.39, 0.29) is 48.4 Å². The van der Waals surface area contributed by atoms with Crippen LogP contribution < -0.4 is 4.90 Å². The number of likely N-dealkylation sites (tertiary alicyclic amines) is 1. The molecule has 0 radical (unpaired) electrons. The molecule has 4 rings (SSSR count). The number of rotatable bonds is 6. The number of nitrogens with zero attached hydrogens (tertiary/aromatic N) is 3. The minimum atomic E-state index is -0.164. The molecule has 2 aliphatic rings. The van der Waals surface area contributed by atoms with Gasteiger partial charge in [-0.1, -0.05) is 50.2 Å². The van der Waals surface area contributed by atoms with Crippen molar-refractivity contribution in [3.05, 3.63) is 24.3 Å². The van der Waals surface area contributed by atoms with Crippen LogP contribution in [0.25, 0.3) is 10.2 Å². The number of fused-ring (bicyclic) bond motifs is 2. The molecule has 0 bridgehead atoms. The molecule has 2 heterocycles. The number of carbonyl (C=O) groups excluding carboxylic acids is 3. The first kappa shape index (κ1) is 20.0. The average Bonchev–Trinajstić information content (AvgIpc) is 3.24. The number of thiazole rings is 1. The van der Waals surface area contributed by atoms with Crippen LogP contribution >= 0.6 is 11.3 Å². The summed E-state index contributed by atoms with van der Waals surface area (Å²) in [5.74, 6) is -0.298. The Kier molecular flexibility index (Phi) is 5.67. The third-order valence-corrected chi connectivity index (χ3v) is 6.90. The Balaban J connectivity index is 1.48. The minimum absolute atomic E-state index is 0.0807. The lowest BCUT2D eigenvalue weighted by atomic mass is 9.81. The maximum Gasteiger partial charge on any atom is 0.233 e. The molecule has 2 aromatic rings. The van der Waals surface area contributed by atoms with Gasteiger partial charge >= 0.3 is 0 Å². The number of para-hydroxylation sites is 1. The summed E-state index contributed by atoms with van der Waals surface area (Å²) in [6.45, 7) is 4.85. The molecule has 1 saturated carbocycles. The van der Waals surface area contributed by atoms with E-state index in [0.717, 1.165) is 35.9 Å². The van der Waals surface area contributed by atoms with Gasteiger partial charge in [0, 0.05) is 19.5 Å². The standard InChI is InChI=1S/C22H27N3O3S/c1-14(2)13-25(22-23-17-9-5-6-10-18(17)29-22)19(26)11-12-24-20(27)15-7-3-4-8-16(15)21(24)28/h5-6,9-10,14-16H,3-4,7-8,11-13H2,1-2H3/t15-,16-/m0/s1. The van der Waals surface area contributed by atoms with E-state index in [4.69, 9.17) is 0 Å². The molecule has 0 spiro atoms. The Morgan fingerprint density at radius 3 is 2.45 bits per heavy atom. The molecule has 2 atom stereocenters. The fraction of sp³-hybridized carbons (Fsp3) is 0.545. The molecular weight excluding hydrogens is 386 g/mol.